The lowest BCUT2D eigenvalue weighted by atomic mass is 10.1. The minimum Gasteiger partial charge on any atom is -0.455 e. The number of unbranched alkanes of at least 4 members (excludes halogenated alkanes) is 2. The Labute approximate surface area is 154 Å². The molecule has 0 amide bonds. The van der Waals surface area contributed by atoms with E-state index in [2.05, 4.69) is 22.0 Å². The minimum absolute atomic E-state index is 0.0544. The monoisotopic (exact) mass is 372 g/mol. The Kier molecular flexibility index (Phi) is 4.46. The van der Waals surface area contributed by atoms with Crippen molar-refractivity contribution in [3.05, 3.63) is 46.7 Å². The summed E-state index contributed by atoms with van der Waals surface area (Å²) < 4.78 is 12.5. The highest BCUT2D eigenvalue weighted by molar-refractivity contribution is 6.34. The van der Waals surface area contributed by atoms with Gasteiger partial charge in [0.1, 0.15) is 24.2 Å². The van der Waals surface area contributed by atoms with Gasteiger partial charge in [0.05, 0.1) is 16.4 Å². The number of halogens is 1. The summed E-state index contributed by atoms with van der Waals surface area (Å²) in [5, 5.41) is 4.38. The molecule has 7 nitrogen and oxygen atoms in total. The number of aromatic nitrogens is 4. The van der Waals surface area contributed by atoms with Gasteiger partial charge in [0.2, 0.25) is 11.7 Å². The summed E-state index contributed by atoms with van der Waals surface area (Å²) in [5.74, 6) is 0.518. The van der Waals surface area contributed by atoms with Crippen LogP contribution < -0.4 is 0 Å². The van der Waals surface area contributed by atoms with Gasteiger partial charge in [-0.2, -0.15) is 4.98 Å². The van der Waals surface area contributed by atoms with Crippen LogP contribution in [0.4, 0.5) is 0 Å². The molecular formula is C18H17ClN4O3. The van der Waals surface area contributed by atoms with Gasteiger partial charge in [0.15, 0.2) is 0 Å². The van der Waals surface area contributed by atoms with Crippen molar-refractivity contribution in [1.29, 1.82) is 0 Å². The summed E-state index contributed by atoms with van der Waals surface area (Å²) in [7, 11) is 0. The van der Waals surface area contributed by atoms with Crippen LogP contribution in [-0.4, -0.2) is 25.7 Å². The first-order valence-electron chi connectivity index (χ1n) is 8.54. The quantitative estimate of drug-likeness (QED) is 0.497. The van der Waals surface area contributed by atoms with Gasteiger partial charge in [-0.15, -0.1) is 0 Å². The molecule has 0 radical (unpaired) electrons. The van der Waals surface area contributed by atoms with Crippen LogP contribution in [0.5, 0.6) is 0 Å². The molecule has 0 N–H and O–H groups in total. The number of carbonyl (C=O) groups is 1. The first-order valence-corrected chi connectivity index (χ1v) is 8.92. The van der Waals surface area contributed by atoms with Crippen molar-refractivity contribution in [3.63, 3.8) is 0 Å². The molecular weight excluding hydrogens is 356 g/mol. The predicted molar refractivity (Wildman–Crippen MR) is 94.2 cm³/mol. The molecule has 26 heavy (non-hydrogen) atoms. The molecule has 0 atom stereocenters. The van der Waals surface area contributed by atoms with Crippen molar-refractivity contribution in [2.45, 2.75) is 39.2 Å². The largest absolute Gasteiger partial charge is 0.455 e. The summed E-state index contributed by atoms with van der Waals surface area (Å²) in [5.41, 5.74) is 2.17. The number of imidazole rings is 1. The average Bonchev–Trinajstić information content (AvgIpc) is 3.23. The number of cyclic esters (lactones) is 1. The molecule has 1 aliphatic rings. The normalized spacial score (nSPS) is 13.1. The number of nitrogens with zero attached hydrogens (tertiary/aromatic N) is 4. The Morgan fingerprint density at radius 3 is 3.04 bits per heavy atom. The van der Waals surface area contributed by atoms with Crippen LogP contribution in [0.25, 0.3) is 17.2 Å². The third kappa shape index (κ3) is 2.88. The average molecular weight is 373 g/mol. The highest BCUT2D eigenvalue weighted by atomic mass is 35.5. The number of hydrogen-bond acceptors (Lipinski definition) is 6. The van der Waals surface area contributed by atoms with Gasteiger partial charge in [0.25, 0.3) is 0 Å². The Balaban J connectivity index is 1.72. The van der Waals surface area contributed by atoms with Crippen LogP contribution in [0, 0.1) is 0 Å². The van der Waals surface area contributed by atoms with Crippen molar-refractivity contribution in [1.82, 2.24) is 19.7 Å². The van der Waals surface area contributed by atoms with Crippen molar-refractivity contribution in [2.75, 3.05) is 0 Å². The molecule has 1 aliphatic heterocycles. The summed E-state index contributed by atoms with van der Waals surface area (Å²) in [6.45, 7) is 2.20. The zero-order valence-electron chi connectivity index (χ0n) is 14.2. The van der Waals surface area contributed by atoms with Crippen LogP contribution in [0.1, 0.15) is 48.1 Å². The van der Waals surface area contributed by atoms with Crippen molar-refractivity contribution in [2.24, 2.45) is 0 Å². The lowest BCUT2D eigenvalue weighted by Crippen LogP contribution is -2.05. The third-order valence-corrected chi connectivity index (χ3v) is 4.65. The Hall–Kier alpha value is -2.67. The van der Waals surface area contributed by atoms with E-state index in [-0.39, 0.29) is 6.61 Å². The maximum atomic E-state index is 12.3. The Bertz CT molecular complexity index is 963. The molecule has 134 valence electrons. The van der Waals surface area contributed by atoms with Gasteiger partial charge in [-0.1, -0.05) is 42.6 Å². The fraction of sp³-hybridized carbons (Fsp3) is 0.333. The summed E-state index contributed by atoms with van der Waals surface area (Å²) in [6, 6.07) is 5.24. The van der Waals surface area contributed by atoms with Gasteiger partial charge < -0.3 is 9.26 Å². The fourth-order valence-electron chi connectivity index (χ4n) is 3.01. The molecule has 0 aliphatic carbocycles. The SMILES string of the molecule is CCCCCc1nc(-c2ncn3c2COC(=O)c2c(Cl)cccc2-3)no1. The lowest BCUT2D eigenvalue weighted by molar-refractivity contribution is 0.0476. The molecule has 3 aromatic rings. The van der Waals surface area contributed by atoms with Gasteiger partial charge in [-0.25, -0.2) is 9.78 Å². The molecule has 0 spiro atoms. The number of carbonyl (C=O) groups excluding carboxylic acids is 1. The number of aryl methyl sites for hydroxylation is 1. The lowest BCUT2D eigenvalue weighted by Gasteiger charge is -2.07. The molecule has 4 rings (SSSR count). The zero-order valence-corrected chi connectivity index (χ0v) is 15.0. The van der Waals surface area contributed by atoms with Crippen molar-refractivity contribution < 1.29 is 14.1 Å². The van der Waals surface area contributed by atoms with Crippen LogP contribution in [0.3, 0.4) is 0 Å². The van der Waals surface area contributed by atoms with E-state index in [1.54, 1.807) is 29.1 Å². The van der Waals surface area contributed by atoms with Gasteiger partial charge in [-0.3, -0.25) is 4.57 Å². The van der Waals surface area contributed by atoms with Crippen LogP contribution in [0.2, 0.25) is 5.02 Å². The highest BCUT2D eigenvalue weighted by Crippen LogP contribution is 2.31. The van der Waals surface area contributed by atoms with Gasteiger partial charge >= 0.3 is 5.97 Å². The maximum absolute atomic E-state index is 12.3. The van der Waals surface area contributed by atoms with E-state index in [1.807, 2.05) is 0 Å². The number of esters is 1. The molecule has 0 saturated heterocycles. The van der Waals surface area contributed by atoms with E-state index in [4.69, 9.17) is 20.9 Å². The number of ether oxygens (including phenoxy) is 1. The van der Waals surface area contributed by atoms with Crippen LogP contribution in [-0.2, 0) is 17.8 Å². The molecule has 0 bridgehead atoms. The topological polar surface area (TPSA) is 83.0 Å². The predicted octanol–water partition coefficient (Wildman–Crippen LogP) is 3.98. The smallest absolute Gasteiger partial charge is 0.342 e. The summed E-state index contributed by atoms with van der Waals surface area (Å²) in [4.78, 5) is 21.2. The molecule has 2 aromatic heterocycles. The molecule has 0 fully saturated rings. The Morgan fingerprint density at radius 2 is 2.19 bits per heavy atom. The van der Waals surface area contributed by atoms with E-state index >= 15 is 0 Å². The van der Waals surface area contributed by atoms with Crippen LogP contribution in [0.15, 0.2) is 29.0 Å². The van der Waals surface area contributed by atoms with Gasteiger partial charge in [-0.05, 0) is 18.6 Å². The van der Waals surface area contributed by atoms with E-state index in [9.17, 15) is 4.79 Å². The maximum Gasteiger partial charge on any atom is 0.342 e. The molecule has 8 heteroatoms. The molecule has 1 aromatic carbocycles. The summed E-state index contributed by atoms with van der Waals surface area (Å²) >= 11 is 6.19. The first-order chi connectivity index (χ1) is 12.7. The molecule has 3 heterocycles. The van der Waals surface area contributed by atoms with E-state index in [0.717, 1.165) is 25.7 Å². The zero-order chi connectivity index (χ0) is 18.1. The van der Waals surface area contributed by atoms with E-state index in [1.165, 1.54) is 0 Å². The summed E-state index contributed by atoms with van der Waals surface area (Å²) in [6.07, 6.45) is 5.61. The molecule has 0 saturated carbocycles. The number of fused-ring (bicyclic) bond motifs is 3. The van der Waals surface area contributed by atoms with Crippen molar-refractivity contribution in [3.8, 4) is 17.2 Å². The third-order valence-electron chi connectivity index (χ3n) is 4.34. The molecule has 0 unspecified atom stereocenters. The minimum atomic E-state index is -0.464. The standard InChI is InChI=1S/C18H17ClN4O3/c1-2-3-4-8-14-21-17(22-26-14)16-13-9-25-18(24)15-11(19)6-5-7-12(15)23(13)10-20-16/h5-7,10H,2-4,8-9H2,1H3. The van der Waals surface area contributed by atoms with E-state index < -0.39 is 5.97 Å². The number of hydrogen-bond donors (Lipinski definition) is 0. The number of rotatable bonds is 5. The second-order valence-corrected chi connectivity index (χ2v) is 6.50. The van der Waals surface area contributed by atoms with E-state index in [0.29, 0.717) is 39.4 Å². The van der Waals surface area contributed by atoms with Crippen molar-refractivity contribution >= 4 is 17.6 Å². The first kappa shape index (κ1) is 16.8. The fourth-order valence-corrected chi connectivity index (χ4v) is 3.25. The second kappa shape index (κ2) is 6.92. The van der Waals surface area contributed by atoms with Crippen LogP contribution >= 0.6 is 11.6 Å². The number of benzene rings is 1. The highest BCUT2D eigenvalue weighted by Gasteiger charge is 2.28. The van der Waals surface area contributed by atoms with Gasteiger partial charge in [0, 0.05) is 6.42 Å². The Morgan fingerprint density at radius 1 is 1.31 bits per heavy atom. The second-order valence-electron chi connectivity index (χ2n) is 6.09.